The van der Waals surface area contributed by atoms with Crippen LogP contribution >= 0.6 is 15.9 Å². The summed E-state index contributed by atoms with van der Waals surface area (Å²) in [5.41, 5.74) is 1.84. The molecule has 1 aromatic rings. The fourth-order valence-corrected chi connectivity index (χ4v) is 3.74. The molecular weight excluding hydrogens is 356 g/mol. The topological polar surface area (TPSA) is 51.2 Å². The number of hydrogen-bond acceptors (Lipinski definition) is 4. The van der Waals surface area contributed by atoms with Crippen LogP contribution < -0.4 is 5.32 Å². The molecule has 3 rings (SSSR count). The molecule has 4 nitrogen and oxygen atoms in total. The Hall–Kier alpha value is -1.30. The number of nitrogens with one attached hydrogen (secondary N) is 1. The van der Waals surface area contributed by atoms with Gasteiger partial charge in [-0.2, -0.15) is 0 Å². The first-order valence-corrected chi connectivity index (χ1v) is 8.62. The third-order valence-electron chi connectivity index (χ3n) is 4.75. The van der Waals surface area contributed by atoms with Crippen molar-refractivity contribution in [1.82, 2.24) is 10.3 Å². The van der Waals surface area contributed by atoms with Crippen molar-refractivity contribution in [3.05, 3.63) is 47.2 Å². The zero-order valence-corrected chi connectivity index (χ0v) is 14.6. The van der Waals surface area contributed by atoms with Crippen molar-refractivity contribution in [3.8, 4) is 0 Å². The molecule has 2 aliphatic rings. The Kier molecular flexibility index (Phi) is 4.80. The van der Waals surface area contributed by atoms with Gasteiger partial charge in [0, 0.05) is 11.5 Å². The van der Waals surface area contributed by atoms with E-state index in [1.54, 1.807) is 12.2 Å². The van der Waals surface area contributed by atoms with Gasteiger partial charge in [-0.05, 0) is 40.4 Å². The molecule has 0 spiro atoms. The molecule has 1 N–H and O–H groups in total. The lowest BCUT2D eigenvalue weighted by atomic mass is 9.95. The number of piperidine rings is 1. The first-order chi connectivity index (χ1) is 11.1. The number of ether oxygens (including phenoxy) is 1. The summed E-state index contributed by atoms with van der Waals surface area (Å²) in [5, 5.41) is 3.45. The first-order valence-electron chi connectivity index (χ1n) is 7.83. The Bertz CT molecular complexity index is 646. The van der Waals surface area contributed by atoms with Crippen LogP contribution in [0.2, 0.25) is 0 Å². The number of pyridine rings is 1. The molecule has 1 aromatic heterocycles. The van der Waals surface area contributed by atoms with Crippen LogP contribution in [0, 0.1) is 5.41 Å². The van der Waals surface area contributed by atoms with Crippen LogP contribution in [0.5, 0.6) is 0 Å². The Labute approximate surface area is 145 Å². The third kappa shape index (κ3) is 3.47. The number of carbonyl (C=O) groups is 1. The van der Waals surface area contributed by atoms with Crippen LogP contribution in [0.1, 0.15) is 24.1 Å². The second kappa shape index (κ2) is 6.67. The molecular formula is C18H21BrN2O2. The van der Waals surface area contributed by atoms with Crippen molar-refractivity contribution in [2.75, 3.05) is 13.2 Å². The molecule has 5 heteroatoms. The van der Waals surface area contributed by atoms with Gasteiger partial charge in [0.25, 0.3) is 0 Å². The Balaban J connectivity index is 1.61. The van der Waals surface area contributed by atoms with E-state index in [0.717, 1.165) is 28.7 Å². The highest BCUT2D eigenvalue weighted by Gasteiger charge is 2.61. The van der Waals surface area contributed by atoms with E-state index >= 15 is 0 Å². The molecule has 0 bridgehead atoms. The molecule has 1 saturated heterocycles. The van der Waals surface area contributed by atoms with Crippen molar-refractivity contribution >= 4 is 27.8 Å². The molecule has 23 heavy (non-hydrogen) atoms. The van der Waals surface area contributed by atoms with Crippen molar-refractivity contribution in [2.45, 2.75) is 31.3 Å². The van der Waals surface area contributed by atoms with Gasteiger partial charge in [-0.25, -0.2) is 4.98 Å². The van der Waals surface area contributed by atoms with E-state index in [2.05, 4.69) is 39.4 Å². The van der Waals surface area contributed by atoms with E-state index in [4.69, 9.17) is 4.74 Å². The predicted octanol–water partition coefficient (Wildman–Crippen LogP) is 2.92. The van der Waals surface area contributed by atoms with Crippen LogP contribution in [-0.2, 0) is 16.0 Å². The second-order valence-corrected chi connectivity index (χ2v) is 7.18. The Morgan fingerprint density at radius 1 is 1.48 bits per heavy atom. The second-order valence-electron chi connectivity index (χ2n) is 6.36. The van der Waals surface area contributed by atoms with Gasteiger partial charge in [0.05, 0.1) is 31.4 Å². The molecule has 1 saturated carbocycles. The number of aromatic nitrogens is 1. The summed E-state index contributed by atoms with van der Waals surface area (Å²) >= 11 is 3.36. The van der Waals surface area contributed by atoms with Crippen molar-refractivity contribution < 1.29 is 9.53 Å². The summed E-state index contributed by atoms with van der Waals surface area (Å²) in [6, 6.07) is 4.10. The zero-order valence-electron chi connectivity index (χ0n) is 13.1. The quantitative estimate of drug-likeness (QED) is 0.430. The summed E-state index contributed by atoms with van der Waals surface area (Å²) in [6.07, 6.45) is 5.78. The maximum absolute atomic E-state index is 12.6. The minimum Gasteiger partial charge on any atom is -0.377 e. The van der Waals surface area contributed by atoms with Gasteiger partial charge in [0.15, 0.2) is 5.78 Å². The average Bonchev–Trinajstić information content (AvgIpc) is 3.08. The lowest BCUT2D eigenvalue weighted by Gasteiger charge is -2.16. The van der Waals surface area contributed by atoms with Crippen LogP contribution in [-0.4, -0.2) is 36.1 Å². The number of hydrogen-bond donors (Lipinski definition) is 1. The van der Waals surface area contributed by atoms with Gasteiger partial charge in [-0.1, -0.05) is 24.8 Å². The van der Waals surface area contributed by atoms with Gasteiger partial charge in [-0.3, -0.25) is 4.79 Å². The molecule has 1 aliphatic carbocycles. The van der Waals surface area contributed by atoms with Crippen molar-refractivity contribution in [1.29, 1.82) is 0 Å². The number of carbonyl (C=O) groups excluding carboxylic acids is 1. The largest absolute Gasteiger partial charge is 0.377 e. The molecule has 0 aromatic carbocycles. The van der Waals surface area contributed by atoms with Crippen LogP contribution in [0.15, 0.2) is 36.0 Å². The summed E-state index contributed by atoms with van der Waals surface area (Å²) in [6.45, 7) is 8.72. The number of rotatable bonds is 8. The van der Waals surface area contributed by atoms with Crippen molar-refractivity contribution in [2.24, 2.45) is 5.41 Å². The fraction of sp³-hybridized carbons (Fsp3) is 0.444. The number of nitrogens with zero attached hydrogens (tertiary/aromatic N) is 1. The maximum atomic E-state index is 12.6. The Morgan fingerprint density at radius 2 is 2.30 bits per heavy atom. The van der Waals surface area contributed by atoms with Gasteiger partial charge in [0.1, 0.15) is 4.60 Å². The number of Topliss-reactive ketones (excluding diaryl/α,β-unsaturated/α-hetero) is 1. The van der Waals surface area contributed by atoms with E-state index < -0.39 is 0 Å². The zero-order chi connectivity index (χ0) is 16.4. The lowest BCUT2D eigenvalue weighted by Crippen LogP contribution is -2.35. The number of halogens is 1. The fourth-order valence-electron chi connectivity index (χ4n) is 3.39. The van der Waals surface area contributed by atoms with E-state index in [0.29, 0.717) is 25.7 Å². The smallest absolute Gasteiger partial charge is 0.155 e. The minimum atomic E-state index is -0.0977. The molecule has 122 valence electrons. The van der Waals surface area contributed by atoms with Crippen LogP contribution in [0.25, 0.3) is 6.08 Å². The van der Waals surface area contributed by atoms with Gasteiger partial charge in [-0.15, -0.1) is 6.58 Å². The SMILES string of the molecule is C=CCOC[C@@]12C[C@@H](C(=O)Cc3nc(Br)ccc3C=C)N[C@@H]1C2. The van der Waals surface area contributed by atoms with Crippen molar-refractivity contribution in [3.63, 3.8) is 0 Å². The molecule has 0 radical (unpaired) electrons. The highest BCUT2D eigenvalue weighted by atomic mass is 79.9. The predicted molar refractivity (Wildman–Crippen MR) is 94.1 cm³/mol. The third-order valence-corrected chi connectivity index (χ3v) is 5.20. The molecule has 1 aliphatic heterocycles. The highest BCUT2D eigenvalue weighted by Crippen LogP contribution is 2.54. The van der Waals surface area contributed by atoms with E-state index in [-0.39, 0.29) is 17.2 Å². The van der Waals surface area contributed by atoms with E-state index in [1.165, 1.54) is 0 Å². The first kappa shape index (κ1) is 16.6. The number of ketones is 1. The van der Waals surface area contributed by atoms with Gasteiger partial charge < -0.3 is 10.1 Å². The normalized spacial score (nSPS) is 28.2. The summed E-state index contributed by atoms with van der Waals surface area (Å²) < 4.78 is 6.35. The average molecular weight is 377 g/mol. The molecule has 0 amide bonds. The minimum absolute atomic E-state index is 0.0977. The lowest BCUT2D eigenvalue weighted by molar-refractivity contribution is -0.120. The van der Waals surface area contributed by atoms with Crippen LogP contribution in [0.3, 0.4) is 0 Å². The highest BCUT2D eigenvalue weighted by molar-refractivity contribution is 9.10. The summed E-state index contributed by atoms with van der Waals surface area (Å²) in [4.78, 5) is 17.0. The molecule has 2 fully saturated rings. The molecule has 3 atom stereocenters. The Morgan fingerprint density at radius 3 is 3.04 bits per heavy atom. The number of fused-ring (bicyclic) bond motifs is 1. The van der Waals surface area contributed by atoms with Gasteiger partial charge >= 0.3 is 0 Å². The van der Waals surface area contributed by atoms with E-state index in [1.807, 2.05) is 12.1 Å². The summed E-state index contributed by atoms with van der Waals surface area (Å²) in [5.74, 6) is 0.189. The van der Waals surface area contributed by atoms with E-state index in [9.17, 15) is 4.79 Å². The molecule has 0 unspecified atom stereocenters. The standard InChI is InChI=1S/C18H21BrN2O2/c1-3-7-23-11-18-9-14(20-16(18)10-18)15(22)8-13-12(4-2)5-6-17(19)21-13/h3-6,14,16,20H,1-2,7-11H2/t14-,16+,18-/m0/s1. The van der Waals surface area contributed by atoms with Gasteiger partial charge in [0.2, 0.25) is 0 Å². The molecule has 2 heterocycles. The summed E-state index contributed by atoms with van der Waals surface area (Å²) in [7, 11) is 0. The van der Waals surface area contributed by atoms with Crippen LogP contribution in [0.4, 0.5) is 0 Å². The maximum Gasteiger partial charge on any atom is 0.155 e. The monoisotopic (exact) mass is 376 g/mol.